The van der Waals surface area contributed by atoms with Gasteiger partial charge in [-0.15, -0.1) is 11.3 Å². The third kappa shape index (κ3) is 2.33. The van der Waals surface area contributed by atoms with Crippen LogP contribution in [0.1, 0.15) is 23.5 Å². The van der Waals surface area contributed by atoms with Crippen LogP contribution in [-0.4, -0.2) is 15.6 Å². The summed E-state index contributed by atoms with van der Waals surface area (Å²) in [4.78, 5) is 4.32. The summed E-state index contributed by atoms with van der Waals surface area (Å²) in [5.41, 5.74) is 1.35. The highest BCUT2D eigenvalue weighted by atomic mass is 32.1. The summed E-state index contributed by atoms with van der Waals surface area (Å²) in [6.45, 7) is 1.87. The van der Waals surface area contributed by atoms with Crippen molar-refractivity contribution >= 4 is 11.3 Å². The molecule has 3 rings (SSSR count). The van der Waals surface area contributed by atoms with Crippen molar-refractivity contribution in [1.29, 1.82) is 0 Å². The molecule has 1 fully saturated rings. The Morgan fingerprint density at radius 3 is 3.19 bits per heavy atom. The van der Waals surface area contributed by atoms with Crippen molar-refractivity contribution in [2.24, 2.45) is 0 Å². The van der Waals surface area contributed by atoms with E-state index in [0.717, 1.165) is 19.1 Å². The molecule has 1 aliphatic rings. The van der Waals surface area contributed by atoms with Gasteiger partial charge in [-0.25, -0.2) is 4.98 Å². The fraction of sp³-hybridized carbons (Fsp3) is 0.417. The largest absolute Gasteiger partial charge is 0.343 e. The van der Waals surface area contributed by atoms with Crippen molar-refractivity contribution in [2.75, 3.05) is 0 Å². The lowest BCUT2D eigenvalue weighted by Crippen LogP contribution is -2.18. The van der Waals surface area contributed by atoms with Gasteiger partial charge >= 0.3 is 0 Å². The third-order valence-electron chi connectivity index (χ3n) is 2.86. The number of aromatic nitrogens is 2. The van der Waals surface area contributed by atoms with Gasteiger partial charge < -0.3 is 9.88 Å². The van der Waals surface area contributed by atoms with E-state index >= 15 is 0 Å². The number of hydrogen-bond donors (Lipinski definition) is 1. The smallest absolute Gasteiger partial charge is 0.112 e. The molecule has 2 heterocycles. The van der Waals surface area contributed by atoms with Gasteiger partial charge in [0.25, 0.3) is 0 Å². The zero-order chi connectivity index (χ0) is 10.8. The zero-order valence-electron chi connectivity index (χ0n) is 9.10. The van der Waals surface area contributed by atoms with Gasteiger partial charge in [-0.3, -0.25) is 0 Å². The van der Waals surface area contributed by atoms with E-state index in [9.17, 15) is 0 Å². The fourth-order valence-electron chi connectivity index (χ4n) is 1.78. The number of thiazole rings is 1. The Morgan fingerprint density at radius 1 is 1.50 bits per heavy atom. The number of rotatable bonds is 5. The molecule has 2 aromatic rings. The summed E-state index contributed by atoms with van der Waals surface area (Å²) in [7, 11) is 0. The van der Waals surface area contributed by atoms with Crippen LogP contribution in [-0.2, 0) is 13.1 Å². The molecule has 0 aromatic carbocycles. The predicted octanol–water partition coefficient (Wildman–Crippen LogP) is 2.24. The van der Waals surface area contributed by atoms with Crippen molar-refractivity contribution in [3.05, 3.63) is 40.6 Å². The van der Waals surface area contributed by atoms with Crippen molar-refractivity contribution in [2.45, 2.75) is 32.0 Å². The first-order valence-electron chi connectivity index (χ1n) is 5.67. The molecular formula is C12H15N3S. The minimum Gasteiger partial charge on any atom is -0.343 e. The van der Waals surface area contributed by atoms with E-state index in [0.29, 0.717) is 0 Å². The van der Waals surface area contributed by atoms with Crippen molar-refractivity contribution < 1.29 is 0 Å². The van der Waals surface area contributed by atoms with Crippen LogP contribution < -0.4 is 5.32 Å². The highest BCUT2D eigenvalue weighted by Crippen LogP contribution is 2.19. The summed E-state index contributed by atoms with van der Waals surface area (Å²) in [6, 6.07) is 5.06. The second kappa shape index (κ2) is 4.39. The van der Waals surface area contributed by atoms with Gasteiger partial charge in [0.05, 0.1) is 6.54 Å². The van der Waals surface area contributed by atoms with E-state index in [1.54, 1.807) is 11.3 Å². The van der Waals surface area contributed by atoms with Crippen LogP contribution >= 0.6 is 11.3 Å². The molecular weight excluding hydrogens is 218 g/mol. The van der Waals surface area contributed by atoms with Crippen LogP contribution in [0.5, 0.6) is 0 Å². The highest BCUT2D eigenvalue weighted by molar-refractivity contribution is 7.09. The van der Waals surface area contributed by atoms with Crippen LogP contribution in [0.2, 0.25) is 0 Å². The van der Waals surface area contributed by atoms with Crippen LogP contribution in [0.4, 0.5) is 0 Å². The molecule has 3 nitrogen and oxygen atoms in total. The lowest BCUT2D eigenvalue weighted by molar-refractivity contribution is 0.633. The van der Waals surface area contributed by atoms with Gasteiger partial charge in [-0.05, 0) is 25.0 Å². The van der Waals surface area contributed by atoms with Gasteiger partial charge in [0.15, 0.2) is 0 Å². The van der Waals surface area contributed by atoms with E-state index in [1.807, 2.05) is 11.6 Å². The molecule has 0 amide bonds. The molecule has 0 spiro atoms. The molecule has 1 aliphatic carbocycles. The average molecular weight is 233 g/mol. The quantitative estimate of drug-likeness (QED) is 0.858. The Labute approximate surface area is 99.1 Å². The van der Waals surface area contributed by atoms with Gasteiger partial charge in [-0.2, -0.15) is 0 Å². The second-order valence-corrected chi connectivity index (χ2v) is 5.19. The molecule has 1 saturated carbocycles. The minimum atomic E-state index is 0.767. The first-order valence-corrected chi connectivity index (χ1v) is 6.55. The lowest BCUT2D eigenvalue weighted by Gasteiger charge is -2.08. The van der Waals surface area contributed by atoms with Crippen molar-refractivity contribution in [3.63, 3.8) is 0 Å². The maximum atomic E-state index is 4.32. The van der Waals surface area contributed by atoms with Crippen LogP contribution in [0.3, 0.4) is 0 Å². The maximum Gasteiger partial charge on any atom is 0.112 e. The molecule has 0 unspecified atom stereocenters. The molecule has 0 saturated heterocycles. The zero-order valence-corrected chi connectivity index (χ0v) is 9.91. The molecule has 16 heavy (non-hydrogen) atoms. The average Bonchev–Trinajstić information content (AvgIpc) is 2.79. The molecule has 0 radical (unpaired) electrons. The molecule has 0 bridgehead atoms. The van der Waals surface area contributed by atoms with Crippen LogP contribution in [0, 0.1) is 0 Å². The normalized spacial score (nSPS) is 15.5. The Balaban J connectivity index is 1.66. The first-order chi connectivity index (χ1) is 7.92. The number of hydrogen-bond acceptors (Lipinski definition) is 3. The predicted molar refractivity (Wildman–Crippen MR) is 65.5 cm³/mol. The Hall–Kier alpha value is -1.13. The maximum absolute atomic E-state index is 4.32. The number of nitrogens with one attached hydrogen (secondary N) is 1. The Morgan fingerprint density at radius 2 is 2.44 bits per heavy atom. The topological polar surface area (TPSA) is 29.9 Å². The molecule has 84 valence electrons. The summed E-state index contributed by atoms with van der Waals surface area (Å²) in [5, 5.41) is 6.74. The Bertz CT molecular complexity index is 443. The second-order valence-electron chi connectivity index (χ2n) is 4.21. The summed E-state index contributed by atoms with van der Waals surface area (Å²) in [6.07, 6.45) is 6.68. The van der Waals surface area contributed by atoms with Crippen molar-refractivity contribution in [3.8, 4) is 0 Å². The van der Waals surface area contributed by atoms with Gasteiger partial charge in [0.1, 0.15) is 5.01 Å². The SMILES string of the molecule is c1cc(CNC2CC2)n(Cc2nccs2)c1. The number of nitrogens with zero attached hydrogens (tertiary/aromatic N) is 2. The van der Waals surface area contributed by atoms with Crippen molar-refractivity contribution in [1.82, 2.24) is 14.9 Å². The lowest BCUT2D eigenvalue weighted by atomic mass is 10.4. The van der Waals surface area contributed by atoms with Gasteiger partial charge in [0.2, 0.25) is 0 Å². The van der Waals surface area contributed by atoms with Gasteiger partial charge in [-0.1, -0.05) is 0 Å². The standard InChI is InChI=1S/C12H15N3S/c1-2-11(8-14-10-3-4-10)15(6-1)9-12-13-5-7-16-12/h1-2,5-7,10,14H,3-4,8-9H2. The molecule has 1 N–H and O–H groups in total. The van der Waals surface area contributed by atoms with E-state index in [4.69, 9.17) is 0 Å². The Kier molecular flexibility index (Phi) is 2.76. The summed E-state index contributed by atoms with van der Waals surface area (Å²) >= 11 is 1.71. The monoisotopic (exact) mass is 233 g/mol. The third-order valence-corrected chi connectivity index (χ3v) is 3.63. The van der Waals surface area contributed by atoms with E-state index in [1.165, 1.54) is 23.5 Å². The molecule has 0 aliphatic heterocycles. The minimum absolute atomic E-state index is 0.767. The summed E-state index contributed by atoms with van der Waals surface area (Å²) < 4.78 is 2.27. The fourth-order valence-corrected chi connectivity index (χ4v) is 2.39. The van der Waals surface area contributed by atoms with Crippen LogP contribution in [0.15, 0.2) is 29.9 Å². The summed E-state index contributed by atoms with van der Waals surface area (Å²) in [5.74, 6) is 0. The highest BCUT2D eigenvalue weighted by Gasteiger charge is 2.20. The first kappa shape index (κ1) is 10.1. The molecule has 2 aromatic heterocycles. The van der Waals surface area contributed by atoms with E-state index in [2.05, 4.69) is 33.2 Å². The molecule has 4 heteroatoms. The van der Waals surface area contributed by atoms with E-state index in [-0.39, 0.29) is 0 Å². The van der Waals surface area contributed by atoms with Gasteiger partial charge in [0, 0.05) is 36.1 Å². The van der Waals surface area contributed by atoms with E-state index < -0.39 is 0 Å². The van der Waals surface area contributed by atoms with Crippen LogP contribution in [0.25, 0.3) is 0 Å². The molecule has 0 atom stereocenters.